The second kappa shape index (κ2) is 11.1. The van der Waals surface area contributed by atoms with E-state index in [1.54, 1.807) is 0 Å². The molecule has 7 nitrogen and oxygen atoms in total. The summed E-state index contributed by atoms with van der Waals surface area (Å²) in [5.74, 6) is 0. The van der Waals surface area contributed by atoms with Crippen LogP contribution in [0, 0.1) is 0 Å². The van der Waals surface area contributed by atoms with Gasteiger partial charge in [0.2, 0.25) is 0 Å². The third-order valence-electron chi connectivity index (χ3n) is 1.02. The van der Waals surface area contributed by atoms with Crippen molar-refractivity contribution in [1.29, 1.82) is 0 Å². The Labute approximate surface area is 102 Å². The molecule has 0 aliphatic rings. The van der Waals surface area contributed by atoms with Gasteiger partial charge >= 0.3 is 26.7 Å². The fraction of sp³-hybridized carbons (Fsp3) is 1.00. The average molecular weight is 238 g/mol. The van der Waals surface area contributed by atoms with Gasteiger partial charge in [-0.15, -0.1) is 0 Å². The summed E-state index contributed by atoms with van der Waals surface area (Å²) in [4.78, 5) is 0. The van der Waals surface area contributed by atoms with E-state index in [1.807, 2.05) is 0 Å². The molecule has 88 valence electrons. The fourth-order valence-electron chi connectivity index (χ4n) is 0.570. The zero-order chi connectivity index (χ0) is 10.9. The zero-order valence-corrected chi connectivity index (χ0v) is 9.56. The second-order valence-electron chi connectivity index (χ2n) is 2.12. The smallest absolute Gasteiger partial charge is 1.00 e. The van der Waals surface area contributed by atoms with E-state index in [0.717, 1.165) is 0 Å². The van der Waals surface area contributed by atoms with Gasteiger partial charge in [0, 0.05) is 0 Å². The molecule has 0 fully saturated rings. The summed E-state index contributed by atoms with van der Waals surface area (Å²) in [7, 11) is -3.75. The Morgan fingerprint density at radius 1 is 0.867 bits per heavy atom. The minimum Gasteiger partial charge on any atom is -1.00 e. The molecule has 0 aromatic heterocycles. The minimum atomic E-state index is -3.75. The van der Waals surface area contributed by atoms with Gasteiger partial charge in [0.1, 0.15) is 0 Å². The van der Waals surface area contributed by atoms with E-state index in [0.29, 0.717) is 0 Å². The molecule has 0 atom stereocenters. The van der Waals surface area contributed by atoms with Crippen LogP contribution in [0.25, 0.3) is 0 Å². The molecular weight excluding hydrogens is 222 g/mol. The monoisotopic (exact) mass is 238 g/mol. The first-order valence-corrected chi connectivity index (χ1v) is 5.51. The van der Waals surface area contributed by atoms with Gasteiger partial charge in [-0.3, -0.25) is 13.6 Å². The number of aliphatic hydroxyl groups is 3. The van der Waals surface area contributed by atoms with E-state index in [9.17, 15) is 4.57 Å². The van der Waals surface area contributed by atoms with Crippen molar-refractivity contribution in [3.63, 3.8) is 0 Å². The number of rotatable bonds is 9. The molecule has 0 aromatic rings. The molecule has 0 spiro atoms. The van der Waals surface area contributed by atoms with Gasteiger partial charge in [-0.1, -0.05) is 0 Å². The van der Waals surface area contributed by atoms with Crippen molar-refractivity contribution in [3.8, 4) is 0 Å². The average Bonchev–Trinajstić information content (AvgIpc) is 2.21. The molecule has 0 amide bonds. The molecule has 0 aromatic carbocycles. The van der Waals surface area contributed by atoms with Crippen LogP contribution in [-0.4, -0.2) is 55.0 Å². The van der Waals surface area contributed by atoms with Gasteiger partial charge in [-0.05, 0) is 0 Å². The predicted octanol–water partition coefficient (Wildman–Crippen LogP) is -3.76. The summed E-state index contributed by atoms with van der Waals surface area (Å²) in [6.07, 6.45) is 0. The number of phosphoric acid groups is 1. The molecule has 0 rings (SSSR count). The molecule has 0 aliphatic carbocycles. The van der Waals surface area contributed by atoms with Crippen LogP contribution in [0.4, 0.5) is 0 Å². The predicted molar refractivity (Wildman–Crippen MR) is 47.8 cm³/mol. The Balaban J connectivity index is -0.000000845. The van der Waals surface area contributed by atoms with Crippen LogP contribution in [0.1, 0.15) is 1.43 Å². The topological polar surface area (TPSA) is 105 Å². The SMILES string of the molecule is O=P(OCCO)(OCCO)OCCO.[H-].[Li+]. The Bertz CT molecular complexity index is 156. The normalized spacial score (nSPS) is 11.1. The Kier molecular flexibility index (Phi) is 13.3. The third kappa shape index (κ3) is 9.51. The quantitative estimate of drug-likeness (QED) is 0.280. The second-order valence-corrected chi connectivity index (χ2v) is 3.79. The molecule has 3 N–H and O–H groups in total. The fourth-order valence-corrected chi connectivity index (χ4v) is 1.71. The summed E-state index contributed by atoms with van der Waals surface area (Å²) in [6.45, 7) is -1.57. The summed E-state index contributed by atoms with van der Waals surface area (Å²) >= 11 is 0. The van der Waals surface area contributed by atoms with Crippen LogP contribution in [0.3, 0.4) is 0 Å². The molecule has 0 saturated heterocycles. The van der Waals surface area contributed by atoms with Gasteiger partial charge in [0.05, 0.1) is 39.6 Å². The van der Waals surface area contributed by atoms with E-state index in [-0.39, 0.29) is 59.9 Å². The van der Waals surface area contributed by atoms with Gasteiger partial charge < -0.3 is 16.7 Å². The van der Waals surface area contributed by atoms with Crippen LogP contribution in [0.5, 0.6) is 0 Å². The number of hydrogen-bond acceptors (Lipinski definition) is 7. The molecule has 0 bridgehead atoms. The van der Waals surface area contributed by atoms with Crippen molar-refractivity contribution < 1.29 is 53.7 Å². The Hall–Kier alpha value is 0.587. The van der Waals surface area contributed by atoms with Crippen molar-refractivity contribution in [2.24, 2.45) is 0 Å². The van der Waals surface area contributed by atoms with Crippen molar-refractivity contribution >= 4 is 7.82 Å². The minimum absolute atomic E-state index is 0. The molecular formula is C6H16LiO7P. The first-order valence-electron chi connectivity index (χ1n) is 4.05. The Morgan fingerprint density at radius 3 is 1.33 bits per heavy atom. The number of hydrogen-bond donors (Lipinski definition) is 3. The molecule has 0 saturated carbocycles. The van der Waals surface area contributed by atoms with Crippen molar-refractivity contribution in [3.05, 3.63) is 0 Å². The summed E-state index contributed by atoms with van der Waals surface area (Å²) in [5, 5.41) is 25.3. The van der Waals surface area contributed by atoms with Crippen LogP contribution in [-0.2, 0) is 18.1 Å². The van der Waals surface area contributed by atoms with E-state index < -0.39 is 7.82 Å². The maximum atomic E-state index is 11.5. The third-order valence-corrected chi connectivity index (χ3v) is 2.52. The van der Waals surface area contributed by atoms with Gasteiger partial charge in [-0.2, -0.15) is 0 Å². The molecule has 0 unspecified atom stereocenters. The number of phosphoric ester groups is 1. The summed E-state index contributed by atoms with van der Waals surface area (Å²) in [6, 6.07) is 0. The van der Waals surface area contributed by atoms with E-state index in [2.05, 4.69) is 13.6 Å². The number of aliphatic hydroxyl groups excluding tert-OH is 3. The van der Waals surface area contributed by atoms with Crippen LogP contribution in [0.15, 0.2) is 0 Å². The first kappa shape index (κ1) is 18.0. The van der Waals surface area contributed by atoms with Crippen molar-refractivity contribution in [1.82, 2.24) is 0 Å². The van der Waals surface area contributed by atoms with Crippen molar-refractivity contribution in [2.75, 3.05) is 39.6 Å². The molecule has 0 radical (unpaired) electrons. The zero-order valence-electron chi connectivity index (χ0n) is 9.66. The van der Waals surface area contributed by atoms with E-state index in [4.69, 9.17) is 15.3 Å². The first-order chi connectivity index (χ1) is 6.68. The van der Waals surface area contributed by atoms with Crippen LogP contribution < -0.4 is 18.9 Å². The Morgan fingerprint density at radius 2 is 1.13 bits per heavy atom. The standard InChI is InChI=1S/C6H15O7P.Li.H/c7-1-4-11-14(10,12-5-2-8)13-6-3-9;;/h7-9H,1-6H2;;/q;+1;-1. The molecule has 0 aliphatic heterocycles. The maximum Gasteiger partial charge on any atom is 1.00 e. The van der Waals surface area contributed by atoms with E-state index in [1.165, 1.54) is 0 Å². The van der Waals surface area contributed by atoms with Gasteiger partial charge in [-0.25, -0.2) is 4.57 Å². The molecule has 15 heavy (non-hydrogen) atoms. The summed E-state index contributed by atoms with van der Waals surface area (Å²) < 4.78 is 25.4. The summed E-state index contributed by atoms with van der Waals surface area (Å²) in [5.41, 5.74) is 0. The van der Waals surface area contributed by atoms with Gasteiger partial charge in [0.25, 0.3) is 0 Å². The van der Waals surface area contributed by atoms with Crippen LogP contribution >= 0.6 is 7.82 Å². The van der Waals surface area contributed by atoms with Crippen molar-refractivity contribution in [2.45, 2.75) is 0 Å². The maximum absolute atomic E-state index is 11.5. The molecule has 9 heteroatoms. The van der Waals surface area contributed by atoms with Crippen LogP contribution in [0.2, 0.25) is 0 Å². The van der Waals surface area contributed by atoms with Gasteiger partial charge in [0.15, 0.2) is 0 Å². The largest absolute Gasteiger partial charge is 1.00 e. The molecule has 0 heterocycles. The van der Waals surface area contributed by atoms with E-state index >= 15 is 0 Å².